The molecule has 212 valence electrons. The van der Waals surface area contributed by atoms with Crippen molar-refractivity contribution in [3.05, 3.63) is 0 Å². The molecule has 0 aliphatic heterocycles. The van der Waals surface area contributed by atoms with Gasteiger partial charge in [-0.05, 0) is 37.0 Å². The third-order valence-corrected chi connectivity index (χ3v) is 7.60. The van der Waals surface area contributed by atoms with E-state index < -0.39 is 5.92 Å². The van der Waals surface area contributed by atoms with E-state index in [0.717, 1.165) is 77.0 Å². The van der Waals surface area contributed by atoms with Gasteiger partial charge in [0.1, 0.15) is 0 Å². The average molecular weight is 510 g/mol. The van der Waals surface area contributed by atoms with Gasteiger partial charge in [0, 0.05) is 32.5 Å². The zero-order valence-corrected chi connectivity index (χ0v) is 24.6. The summed E-state index contributed by atoms with van der Waals surface area (Å²) in [5.41, 5.74) is 0. The molecule has 0 aliphatic rings. The first-order chi connectivity index (χ1) is 17.3. The fourth-order valence-corrected chi connectivity index (χ4v) is 4.59. The van der Waals surface area contributed by atoms with Gasteiger partial charge in [-0.25, -0.2) is 0 Å². The molecule has 0 rings (SSSR count). The molecule has 0 aliphatic carbocycles. The Morgan fingerprint density at radius 1 is 0.528 bits per heavy atom. The fourth-order valence-electron chi connectivity index (χ4n) is 4.59. The van der Waals surface area contributed by atoms with Crippen LogP contribution in [0.1, 0.15) is 131 Å². The molecular formula is C30H59N3O3. The number of hydrogen-bond acceptors (Lipinski definition) is 3. The summed E-state index contributed by atoms with van der Waals surface area (Å²) in [6.07, 6.45) is 13.4. The molecule has 0 aromatic carbocycles. The van der Waals surface area contributed by atoms with Gasteiger partial charge < -0.3 is 16.0 Å². The number of nitrogens with one attached hydrogen (secondary N) is 3. The summed E-state index contributed by atoms with van der Waals surface area (Å²) in [7, 11) is 0. The number of hydrogen-bond donors (Lipinski definition) is 3. The van der Waals surface area contributed by atoms with Gasteiger partial charge in [0.15, 0.2) is 0 Å². The van der Waals surface area contributed by atoms with Crippen LogP contribution in [0.25, 0.3) is 0 Å². The summed E-state index contributed by atoms with van der Waals surface area (Å²) in [6, 6.07) is 0. The van der Waals surface area contributed by atoms with Crippen molar-refractivity contribution in [1.29, 1.82) is 0 Å². The molecule has 0 saturated heterocycles. The van der Waals surface area contributed by atoms with Crippen LogP contribution in [0.2, 0.25) is 0 Å². The molecule has 6 nitrogen and oxygen atoms in total. The third kappa shape index (κ3) is 17.0. The van der Waals surface area contributed by atoms with E-state index in [4.69, 9.17) is 0 Å². The zero-order chi connectivity index (χ0) is 27.2. The highest BCUT2D eigenvalue weighted by Crippen LogP contribution is 2.16. The Bertz CT molecular complexity index is 548. The van der Waals surface area contributed by atoms with Gasteiger partial charge in [0.05, 0.1) is 5.92 Å². The van der Waals surface area contributed by atoms with Gasteiger partial charge in [-0.1, -0.05) is 99.3 Å². The zero-order valence-electron chi connectivity index (χ0n) is 24.6. The molecule has 6 heteroatoms. The molecule has 0 aromatic rings. The highest BCUT2D eigenvalue weighted by Gasteiger charge is 2.26. The van der Waals surface area contributed by atoms with Crippen LogP contribution in [0.3, 0.4) is 0 Å². The SMILES string of the molecule is CCCCC(CC)CNC(=O)CC(CC(=O)NCC(CC)CCCC)C(=O)NCC(CC)CCCC. The normalized spacial score (nSPS) is 14.5. The fraction of sp³-hybridized carbons (Fsp3) is 0.900. The minimum Gasteiger partial charge on any atom is -0.356 e. The van der Waals surface area contributed by atoms with Crippen LogP contribution in [0.4, 0.5) is 0 Å². The lowest BCUT2D eigenvalue weighted by atomic mass is 9.95. The van der Waals surface area contributed by atoms with Gasteiger partial charge >= 0.3 is 0 Å². The van der Waals surface area contributed by atoms with E-state index in [1.165, 1.54) is 0 Å². The smallest absolute Gasteiger partial charge is 0.224 e. The number of carbonyl (C=O) groups excluding carboxylic acids is 3. The maximum Gasteiger partial charge on any atom is 0.224 e. The molecule has 3 unspecified atom stereocenters. The molecule has 0 bridgehead atoms. The summed E-state index contributed by atoms with van der Waals surface area (Å²) < 4.78 is 0. The monoisotopic (exact) mass is 509 g/mol. The average Bonchev–Trinajstić information content (AvgIpc) is 2.88. The van der Waals surface area contributed by atoms with E-state index in [1.807, 2.05) is 0 Å². The standard InChI is InChI=1S/C30H59N3O3/c1-7-13-16-24(10-4)21-31-28(34)19-27(30(36)33-23-26(12-6)18-15-9-3)20-29(35)32-22-25(11-5)17-14-8-2/h24-27H,7-23H2,1-6H3,(H,31,34)(H,32,35)(H,33,36). The van der Waals surface area contributed by atoms with E-state index in [1.54, 1.807) is 0 Å². The summed E-state index contributed by atoms with van der Waals surface area (Å²) in [5.74, 6) is 0.275. The molecule has 0 saturated carbocycles. The van der Waals surface area contributed by atoms with Gasteiger partial charge in [0.2, 0.25) is 17.7 Å². The maximum atomic E-state index is 13.1. The van der Waals surface area contributed by atoms with Crippen LogP contribution in [0.15, 0.2) is 0 Å². The number of rotatable bonds is 23. The van der Waals surface area contributed by atoms with Gasteiger partial charge in [-0.2, -0.15) is 0 Å². The Hall–Kier alpha value is -1.59. The minimum absolute atomic E-state index is 0.0578. The van der Waals surface area contributed by atoms with Gasteiger partial charge in [0.25, 0.3) is 0 Å². The van der Waals surface area contributed by atoms with Crippen LogP contribution in [-0.2, 0) is 14.4 Å². The third-order valence-electron chi connectivity index (χ3n) is 7.60. The van der Waals surface area contributed by atoms with Crippen molar-refractivity contribution in [1.82, 2.24) is 16.0 Å². The highest BCUT2D eigenvalue weighted by atomic mass is 16.2. The van der Waals surface area contributed by atoms with Gasteiger partial charge in [-0.3, -0.25) is 14.4 Å². The van der Waals surface area contributed by atoms with E-state index >= 15 is 0 Å². The predicted molar refractivity (Wildman–Crippen MR) is 152 cm³/mol. The second-order valence-electron chi connectivity index (χ2n) is 10.7. The molecule has 3 N–H and O–H groups in total. The lowest BCUT2D eigenvalue weighted by Crippen LogP contribution is -2.40. The van der Waals surface area contributed by atoms with Crippen LogP contribution < -0.4 is 16.0 Å². The highest BCUT2D eigenvalue weighted by molar-refractivity contribution is 5.90. The van der Waals surface area contributed by atoms with E-state index in [2.05, 4.69) is 57.5 Å². The molecule has 0 spiro atoms. The van der Waals surface area contributed by atoms with E-state index in [-0.39, 0.29) is 30.6 Å². The molecular weight excluding hydrogens is 450 g/mol. The van der Waals surface area contributed by atoms with Gasteiger partial charge in [-0.15, -0.1) is 0 Å². The predicted octanol–water partition coefficient (Wildman–Crippen LogP) is 6.38. The van der Waals surface area contributed by atoms with Crippen molar-refractivity contribution in [3.8, 4) is 0 Å². The number of unbranched alkanes of at least 4 members (excludes halogenated alkanes) is 3. The van der Waals surface area contributed by atoms with Crippen LogP contribution in [0.5, 0.6) is 0 Å². The molecule has 3 atom stereocenters. The topological polar surface area (TPSA) is 87.3 Å². The van der Waals surface area contributed by atoms with Crippen LogP contribution in [0, 0.1) is 23.7 Å². The molecule has 3 amide bonds. The molecule has 0 heterocycles. The van der Waals surface area contributed by atoms with Crippen molar-refractivity contribution in [2.24, 2.45) is 23.7 Å². The Balaban J connectivity index is 5.05. The Kier molecular flexibility index (Phi) is 21.6. The van der Waals surface area contributed by atoms with Crippen molar-refractivity contribution in [3.63, 3.8) is 0 Å². The number of amides is 3. The molecule has 0 fully saturated rings. The summed E-state index contributed by atoms with van der Waals surface area (Å²) in [6.45, 7) is 14.9. The van der Waals surface area contributed by atoms with E-state index in [0.29, 0.717) is 37.4 Å². The van der Waals surface area contributed by atoms with Crippen LogP contribution >= 0.6 is 0 Å². The first kappa shape index (κ1) is 34.4. The van der Waals surface area contributed by atoms with Crippen molar-refractivity contribution in [2.75, 3.05) is 19.6 Å². The summed E-state index contributed by atoms with van der Waals surface area (Å²) in [5, 5.41) is 9.14. The summed E-state index contributed by atoms with van der Waals surface area (Å²) >= 11 is 0. The Morgan fingerprint density at radius 2 is 0.861 bits per heavy atom. The molecule has 0 radical (unpaired) electrons. The first-order valence-corrected chi connectivity index (χ1v) is 15.2. The molecule has 36 heavy (non-hydrogen) atoms. The summed E-state index contributed by atoms with van der Waals surface area (Å²) in [4.78, 5) is 38.7. The lowest BCUT2D eigenvalue weighted by molar-refractivity contribution is -0.133. The van der Waals surface area contributed by atoms with Crippen molar-refractivity contribution < 1.29 is 14.4 Å². The number of carbonyl (C=O) groups is 3. The lowest BCUT2D eigenvalue weighted by Gasteiger charge is -2.21. The van der Waals surface area contributed by atoms with Crippen LogP contribution in [-0.4, -0.2) is 37.4 Å². The molecule has 0 aromatic heterocycles. The first-order valence-electron chi connectivity index (χ1n) is 15.2. The maximum absolute atomic E-state index is 13.1. The largest absolute Gasteiger partial charge is 0.356 e. The minimum atomic E-state index is -0.639. The van der Waals surface area contributed by atoms with E-state index in [9.17, 15) is 14.4 Å². The van der Waals surface area contributed by atoms with Crippen molar-refractivity contribution in [2.45, 2.75) is 131 Å². The quantitative estimate of drug-likeness (QED) is 0.149. The Labute approximate surface area is 222 Å². The Morgan fingerprint density at radius 3 is 1.17 bits per heavy atom. The second-order valence-corrected chi connectivity index (χ2v) is 10.7. The van der Waals surface area contributed by atoms with Crippen molar-refractivity contribution >= 4 is 17.7 Å². The second kappa shape index (κ2) is 22.6.